The van der Waals surface area contributed by atoms with Gasteiger partial charge in [0, 0.05) is 5.56 Å². The average molecular weight is 367 g/mol. The molecule has 0 amide bonds. The van der Waals surface area contributed by atoms with Crippen molar-refractivity contribution in [3.05, 3.63) is 57.8 Å². The van der Waals surface area contributed by atoms with Crippen LogP contribution in [0.15, 0.2) is 34.9 Å². The van der Waals surface area contributed by atoms with Crippen LogP contribution in [0.3, 0.4) is 0 Å². The molecule has 2 aromatic heterocycles. The summed E-state index contributed by atoms with van der Waals surface area (Å²) in [5.74, 6) is -2.52. The van der Waals surface area contributed by atoms with E-state index in [4.69, 9.17) is 5.11 Å². The van der Waals surface area contributed by atoms with E-state index in [1.807, 2.05) is 0 Å². The van der Waals surface area contributed by atoms with Gasteiger partial charge in [-0.25, -0.2) is 18.1 Å². The number of hydrogen-bond acceptors (Lipinski definition) is 2. The van der Waals surface area contributed by atoms with Crippen LogP contribution in [0, 0.1) is 18.6 Å². The maximum atomic E-state index is 14.0. The van der Waals surface area contributed by atoms with Gasteiger partial charge in [-0.2, -0.15) is 5.10 Å². The van der Waals surface area contributed by atoms with Crippen molar-refractivity contribution in [3.63, 3.8) is 0 Å². The molecule has 4 nitrogen and oxygen atoms in total. The van der Waals surface area contributed by atoms with E-state index in [-0.39, 0.29) is 15.7 Å². The van der Waals surface area contributed by atoms with Gasteiger partial charge in [0.2, 0.25) is 0 Å². The topological polar surface area (TPSA) is 54.6 Å². The Morgan fingerprint density at radius 2 is 1.82 bits per heavy atom. The summed E-state index contributed by atoms with van der Waals surface area (Å²) in [4.78, 5) is 11.1. The van der Waals surface area contributed by atoms with Crippen LogP contribution in [0.5, 0.6) is 0 Å². The van der Waals surface area contributed by atoms with Gasteiger partial charge in [-0.15, -0.1) is 0 Å². The molecular formula is C15H9BrF2N2O2. The summed E-state index contributed by atoms with van der Waals surface area (Å²) in [6, 6.07) is 6.47. The van der Waals surface area contributed by atoms with Gasteiger partial charge in [-0.05, 0) is 47.1 Å². The molecule has 0 radical (unpaired) electrons. The highest BCUT2D eigenvalue weighted by molar-refractivity contribution is 9.10. The van der Waals surface area contributed by atoms with E-state index in [1.165, 1.54) is 34.8 Å². The van der Waals surface area contributed by atoms with Crippen molar-refractivity contribution in [1.82, 2.24) is 9.61 Å². The first kappa shape index (κ1) is 14.6. The molecule has 0 aliphatic heterocycles. The van der Waals surface area contributed by atoms with Crippen LogP contribution >= 0.6 is 15.9 Å². The first-order valence-electron chi connectivity index (χ1n) is 6.27. The van der Waals surface area contributed by atoms with E-state index >= 15 is 0 Å². The van der Waals surface area contributed by atoms with Gasteiger partial charge in [0.15, 0.2) is 0 Å². The Morgan fingerprint density at radius 3 is 2.41 bits per heavy atom. The predicted molar refractivity (Wildman–Crippen MR) is 79.9 cm³/mol. The minimum atomic E-state index is -1.12. The standard InChI is InChI=1S/C15H9BrF2N2O2/c1-7-12(13-9(17)3-2-4-10(13)18)11-6-5-8(15(21)22)14(16)20(11)19-7/h2-6H,1H3,(H,21,22). The molecule has 112 valence electrons. The number of aromatic carboxylic acids is 1. The Labute approximate surface area is 132 Å². The van der Waals surface area contributed by atoms with E-state index in [0.29, 0.717) is 16.8 Å². The quantitative estimate of drug-likeness (QED) is 0.696. The monoisotopic (exact) mass is 366 g/mol. The lowest BCUT2D eigenvalue weighted by molar-refractivity contribution is 0.0695. The van der Waals surface area contributed by atoms with Crippen LogP contribution in [0.25, 0.3) is 16.6 Å². The van der Waals surface area contributed by atoms with Gasteiger partial charge in [0.1, 0.15) is 16.2 Å². The second kappa shape index (κ2) is 5.17. The molecule has 0 unspecified atom stereocenters. The summed E-state index contributed by atoms with van der Waals surface area (Å²) < 4.78 is 29.6. The highest BCUT2D eigenvalue weighted by Crippen LogP contribution is 2.34. The molecular weight excluding hydrogens is 358 g/mol. The highest BCUT2D eigenvalue weighted by Gasteiger charge is 2.21. The summed E-state index contributed by atoms with van der Waals surface area (Å²) in [7, 11) is 0. The summed E-state index contributed by atoms with van der Waals surface area (Å²) in [6.07, 6.45) is 0. The average Bonchev–Trinajstić information content (AvgIpc) is 2.77. The molecule has 3 rings (SSSR count). The number of pyridine rings is 1. The van der Waals surface area contributed by atoms with Gasteiger partial charge < -0.3 is 5.11 Å². The zero-order valence-electron chi connectivity index (χ0n) is 11.3. The molecule has 0 saturated heterocycles. The van der Waals surface area contributed by atoms with E-state index < -0.39 is 17.6 Å². The van der Waals surface area contributed by atoms with Crippen molar-refractivity contribution in [1.29, 1.82) is 0 Å². The zero-order valence-corrected chi connectivity index (χ0v) is 12.9. The molecule has 3 aromatic rings. The number of benzene rings is 1. The summed E-state index contributed by atoms with van der Waals surface area (Å²) in [5, 5.41) is 13.3. The van der Waals surface area contributed by atoms with E-state index in [1.54, 1.807) is 6.92 Å². The third-order valence-corrected chi connectivity index (χ3v) is 4.12. The van der Waals surface area contributed by atoms with E-state index in [9.17, 15) is 13.6 Å². The minimum Gasteiger partial charge on any atom is -0.478 e. The minimum absolute atomic E-state index is 0.00977. The SMILES string of the molecule is Cc1nn2c(Br)c(C(=O)O)ccc2c1-c1c(F)cccc1F. The van der Waals surface area contributed by atoms with Crippen molar-refractivity contribution < 1.29 is 18.7 Å². The number of carboxylic acids is 1. The molecule has 0 atom stereocenters. The lowest BCUT2D eigenvalue weighted by Crippen LogP contribution is -2.02. The number of aromatic nitrogens is 2. The van der Waals surface area contributed by atoms with Gasteiger partial charge in [-0.1, -0.05) is 6.07 Å². The molecule has 0 bridgehead atoms. The normalized spacial score (nSPS) is 11.1. The molecule has 22 heavy (non-hydrogen) atoms. The fourth-order valence-corrected chi connectivity index (χ4v) is 2.97. The van der Waals surface area contributed by atoms with Crippen molar-refractivity contribution >= 4 is 27.4 Å². The van der Waals surface area contributed by atoms with Crippen LogP contribution in [0.4, 0.5) is 8.78 Å². The Balaban J connectivity index is 2.40. The fourth-order valence-electron chi connectivity index (χ4n) is 2.40. The lowest BCUT2D eigenvalue weighted by atomic mass is 10.0. The second-order valence-corrected chi connectivity index (χ2v) is 5.45. The molecule has 0 aliphatic rings. The smallest absolute Gasteiger partial charge is 0.338 e. The molecule has 2 heterocycles. The predicted octanol–water partition coefficient (Wildman–Crippen LogP) is 4.05. The third-order valence-electron chi connectivity index (χ3n) is 3.36. The Morgan fingerprint density at radius 1 is 1.18 bits per heavy atom. The highest BCUT2D eigenvalue weighted by atomic mass is 79.9. The van der Waals surface area contributed by atoms with Crippen molar-refractivity contribution in [2.45, 2.75) is 6.92 Å². The number of fused-ring (bicyclic) bond motifs is 1. The first-order chi connectivity index (χ1) is 10.4. The van der Waals surface area contributed by atoms with E-state index in [2.05, 4.69) is 21.0 Å². The maximum Gasteiger partial charge on any atom is 0.338 e. The second-order valence-electron chi connectivity index (χ2n) is 4.70. The number of nitrogens with zero attached hydrogens (tertiary/aromatic N) is 2. The number of carboxylic acid groups (broad SMARTS) is 1. The Hall–Kier alpha value is -2.28. The largest absolute Gasteiger partial charge is 0.478 e. The van der Waals surface area contributed by atoms with Crippen LogP contribution in [0.1, 0.15) is 16.1 Å². The summed E-state index contributed by atoms with van der Waals surface area (Å²) in [5.41, 5.74) is 0.944. The van der Waals surface area contributed by atoms with Gasteiger partial charge >= 0.3 is 5.97 Å². The number of hydrogen-bond donors (Lipinski definition) is 1. The number of rotatable bonds is 2. The van der Waals surface area contributed by atoms with Gasteiger partial charge in [-0.3, -0.25) is 0 Å². The third kappa shape index (κ3) is 2.09. The Kier molecular flexibility index (Phi) is 3.44. The lowest BCUT2D eigenvalue weighted by Gasteiger charge is -2.06. The van der Waals surface area contributed by atoms with E-state index in [0.717, 1.165) is 0 Å². The Bertz CT molecular complexity index is 901. The van der Waals surface area contributed by atoms with Crippen molar-refractivity contribution in [3.8, 4) is 11.1 Å². The maximum absolute atomic E-state index is 14.0. The van der Waals surface area contributed by atoms with Crippen LogP contribution in [-0.4, -0.2) is 20.7 Å². The van der Waals surface area contributed by atoms with Crippen LogP contribution in [0.2, 0.25) is 0 Å². The fraction of sp³-hybridized carbons (Fsp3) is 0.0667. The number of halogens is 3. The van der Waals surface area contributed by atoms with Crippen LogP contribution in [-0.2, 0) is 0 Å². The molecule has 1 aromatic carbocycles. The van der Waals surface area contributed by atoms with Gasteiger partial charge in [0.25, 0.3) is 0 Å². The molecule has 0 fully saturated rings. The number of aryl methyl sites for hydroxylation is 1. The summed E-state index contributed by atoms with van der Waals surface area (Å²) in [6.45, 7) is 1.61. The molecule has 1 N–H and O–H groups in total. The van der Waals surface area contributed by atoms with Gasteiger partial charge in [0.05, 0.1) is 22.3 Å². The summed E-state index contributed by atoms with van der Waals surface area (Å²) >= 11 is 3.17. The van der Waals surface area contributed by atoms with Crippen molar-refractivity contribution in [2.24, 2.45) is 0 Å². The molecule has 0 saturated carbocycles. The zero-order chi connectivity index (χ0) is 16.0. The molecule has 0 aliphatic carbocycles. The molecule has 0 spiro atoms. The number of carbonyl (C=O) groups is 1. The van der Waals surface area contributed by atoms with Crippen molar-refractivity contribution in [2.75, 3.05) is 0 Å². The first-order valence-corrected chi connectivity index (χ1v) is 7.06. The molecule has 7 heteroatoms. The van der Waals surface area contributed by atoms with Crippen LogP contribution < -0.4 is 0 Å².